The van der Waals surface area contributed by atoms with Crippen molar-refractivity contribution in [1.82, 2.24) is 10.2 Å². The molecule has 0 fully saturated rings. The van der Waals surface area contributed by atoms with Gasteiger partial charge in [-0.25, -0.2) is 0 Å². The molecule has 1 heterocycles. The van der Waals surface area contributed by atoms with E-state index in [2.05, 4.69) is 29.4 Å². The van der Waals surface area contributed by atoms with Gasteiger partial charge in [-0.1, -0.05) is 13.8 Å². The van der Waals surface area contributed by atoms with Crippen LogP contribution in [0.1, 0.15) is 25.0 Å². The molecule has 2 rings (SSSR count). The summed E-state index contributed by atoms with van der Waals surface area (Å²) in [5, 5.41) is 21.0. The van der Waals surface area contributed by atoms with E-state index in [0.29, 0.717) is 23.5 Å². The number of phenolic OH excluding ortho intramolecular Hbond substituents is 1. The van der Waals surface area contributed by atoms with E-state index in [9.17, 15) is 18.3 Å². The zero-order chi connectivity index (χ0) is 17.2. The van der Waals surface area contributed by atoms with Crippen molar-refractivity contribution in [2.45, 2.75) is 26.9 Å². The highest BCUT2D eigenvalue weighted by molar-refractivity contribution is 5.71. The minimum absolute atomic E-state index is 0.251. The first-order valence-corrected chi connectivity index (χ1v) is 7.17. The van der Waals surface area contributed by atoms with Crippen LogP contribution >= 0.6 is 0 Å². The van der Waals surface area contributed by atoms with Gasteiger partial charge in [-0.15, -0.1) is 10.2 Å². The molecular weight excluding hydrogens is 307 g/mol. The molecule has 0 amide bonds. The Morgan fingerprint density at radius 1 is 1.17 bits per heavy atom. The van der Waals surface area contributed by atoms with Gasteiger partial charge in [0.15, 0.2) is 0 Å². The number of rotatable bonds is 4. The molecule has 0 aliphatic rings. The number of aryl methyl sites for hydroxylation is 1. The predicted molar refractivity (Wildman–Crippen MR) is 82.2 cm³/mol. The molecule has 4 nitrogen and oxygen atoms in total. The number of nitrogens with one attached hydrogen (secondary N) is 1. The van der Waals surface area contributed by atoms with E-state index in [0.717, 1.165) is 12.6 Å². The van der Waals surface area contributed by atoms with Gasteiger partial charge >= 0.3 is 6.18 Å². The third-order valence-electron chi connectivity index (χ3n) is 3.25. The largest absolute Gasteiger partial charge is 0.507 e. The highest BCUT2D eigenvalue weighted by Crippen LogP contribution is 2.38. The Morgan fingerprint density at radius 2 is 1.87 bits per heavy atom. The van der Waals surface area contributed by atoms with Gasteiger partial charge in [-0.2, -0.15) is 13.2 Å². The summed E-state index contributed by atoms with van der Waals surface area (Å²) in [6.07, 6.45) is -4.50. The van der Waals surface area contributed by atoms with Crippen molar-refractivity contribution in [3.63, 3.8) is 0 Å². The lowest BCUT2D eigenvalue weighted by molar-refractivity contribution is -0.137. The summed E-state index contributed by atoms with van der Waals surface area (Å²) in [6.45, 7) is 6.34. The van der Waals surface area contributed by atoms with E-state index >= 15 is 0 Å². The van der Waals surface area contributed by atoms with Crippen LogP contribution in [0.2, 0.25) is 0 Å². The van der Waals surface area contributed by atoms with Crippen molar-refractivity contribution >= 4 is 5.82 Å². The van der Waals surface area contributed by atoms with Crippen LogP contribution < -0.4 is 5.32 Å². The van der Waals surface area contributed by atoms with Crippen LogP contribution in [0, 0.1) is 12.8 Å². The Hall–Kier alpha value is -2.31. The average molecular weight is 325 g/mol. The van der Waals surface area contributed by atoms with Crippen molar-refractivity contribution in [3.05, 3.63) is 35.4 Å². The molecule has 0 aliphatic heterocycles. The molecule has 0 aliphatic carbocycles. The predicted octanol–water partition coefficient (Wildman–Crippen LogP) is 4.24. The van der Waals surface area contributed by atoms with E-state index < -0.39 is 17.5 Å². The maximum absolute atomic E-state index is 12.7. The van der Waals surface area contributed by atoms with Gasteiger partial charge in [-0.05, 0) is 42.7 Å². The number of halogens is 3. The fourth-order valence-corrected chi connectivity index (χ4v) is 2.13. The zero-order valence-electron chi connectivity index (χ0n) is 13.1. The number of alkyl halides is 3. The monoisotopic (exact) mass is 325 g/mol. The summed E-state index contributed by atoms with van der Waals surface area (Å²) in [7, 11) is 0. The lowest BCUT2D eigenvalue weighted by atomic mass is 10.0. The average Bonchev–Trinajstić information content (AvgIpc) is 2.44. The number of anilines is 1. The van der Waals surface area contributed by atoms with E-state index in [1.165, 1.54) is 6.92 Å². The van der Waals surface area contributed by atoms with Crippen molar-refractivity contribution in [1.29, 1.82) is 0 Å². The van der Waals surface area contributed by atoms with Crippen LogP contribution in [0.4, 0.5) is 19.0 Å². The fraction of sp³-hybridized carbons (Fsp3) is 0.375. The maximum Gasteiger partial charge on any atom is 0.416 e. The van der Waals surface area contributed by atoms with E-state index in [4.69, 9.17) is 0 Å². The van der Waals surface area contributed by atoms with Crippen LogP contribution in [0.3, 0.4) is 0 Å². The molecular formula is C16H18F3N3O. The summed E-state index contributed by atoms with van der Waals surface area (Å²) in [5.74, 6) is 0.554. The zero-order valence-corrected chi connectivity index (χ0v) is 13.1. The second-order valence-corrected chi connectivity index (χ2v) is 5.76. The number of phenols is 1. The molecule has 2 aromatic rings. The van der Waals surface area contributed by atoms with E-state index in [-0.39, 0.29) is 11.1 Å². The second kappa shape index (κ2) is 6.44. The quantitative estimate of drug-likeness (QED) is 0.882. The fourth-order valence-electron chi connectivity index (χ4n) is 2.13. The molecule has 0 saturated heterocycles. The molecule has 0 unspecified atom stereocenters. The van der Waals surface area contributed by atoms with Gasteiger partial charge in [0.05, 0.1) is 11.3 Å². The first-order chi connectivity index (χ1) is 10.7. The summed E-state index contributed by atoms with van der Waals surface area (Å²) in [5.41, 5.74) is -0.0290. The molecule has 0 saturated carbocycles. The molecule has 124 valence electrons. The molecule has 0 bridgehead atoms. The topological polar surface area (TPSA) is 58.0 Å². The van der Waals surface area contributed by atoms with Crippen LogP contribution in [0.15, 0.2) is 24.3 Å². The Bertz CT molecular complexity index is 659. The van der Waals surface area contributed by atoms with Gasteiger partial charge in [0.2, 0.25) is 0 Å². The Labute approximate surface area is 132 Å². The summed E-state index contributed by atoms with van der Waals surface area (Å²) in [4.78, 5) is 0. The number of hydrogen-bond donors (Lipinski definition) is 2. The summed E-state index contributed by atoms with van der Waals surface area (Å²) < 4.78 is 38.2. The third-order valence-corrected chi connectivity index (χ3v) is 3.25. The van der Waals surface area contributed by atoms with Crippen LogP contribution in [0.5, 0.6) is 5.75 Å². The molecule has 0 spiro atoms. The Morgan fingerprint density at radius 3 is 2.35 bits per heavy atom. The third kappa shape index (κ3) is 4.12. The molecule has 0 atom stereocenters. The number of aromatic nitrogens is 2. The van der Waals surface area contributed by atoms with Crippen molar-refractivity contribution in [2.75, 3.05) is 11.9 Å². The first-order valence-electron chi connectivity index (χ1n) is 7.17. The molecule has 23 heavy (non-hydrogen) atoms. The summed E-state index contributed by atoms with van der Waals surface area (Å²) in [6, 6.07) is 4.99. The number of aromatic hydroxyl groups is 1. The molecule has 1 aromatic carbocycles. The van der Waals surface area contributed by atoms with E-state index in [1.54, 1.807) is 12.1 Å². The smallest absolute Gasteiger partial charge is 0.416 e. The van der Waals surface area contributed by atoms with Crippen LogP contribution in [-0.4, -0.2) is 21.8 Å². The lowest BCUT2D eigenvalue weighted by Gasteiger charge is -2.13. The highest BCUT2D eigenvalue weighted by Gasteiger charge is 2.32. The van der Waals surface area contributed by atoms with Gasteiger partial charge in [-0.3, -0.25) is 0 Å². The molecule has 1 aromatic heterocycles. The summed E-state index contributed by atoms with van der Waals surface area (Å²) >= 11 is 0. The van der Waals surface area contributed by atoms with Gasteiger partial charge in [0.1, 0.15) is 11.6 Å². The molecule has 0 radical (unpaired) electrons. The van der Waals surface area contributed by atoms with Crippen LogP contribution in [-0.2, 0) is 6.18 Å². The Balaban J connectivity index is 2.32. The molecule has 2 N–H and O–H groups in total. The highest BCUT2D eigenvalue weighted by atomic mass is 19.4. The molecule has 7 heteroatoms. The van der Waals surface area contributed by atoms with Crippen LogP contribution in [0.25, 0.3) is 11.3 Å². The number of benzene rings is 1. The van der Waals surface area contributed by atoms with Crippen molar-refractivity contribution in [2.24, 2.45) is 5.92 Å². The minimum atomic E-state index is -4.50. The van der Waals surface area contributed by atoms with Crippen molar-refractivity contribution in [3.8, 4) is 17.0 Å². The number of hydrogen-bond acceptors (Lipinski definition) is 4. The maximum atomic E-state index is 12.7. The number of nitrogens with zero attached hydrogens (tertiary/aromatic N) is 2. The van der Waals surface area contributed by atoms with Gasteiger partial charge < -0.3 is 10.4 Å². The van der Waals surface area contributed by atoms with Gasteiger partial charge in [0.25, 0.3) is 0 Å². The van der Waals surface area contributed by atoms with Crippen molar-refractivity contribution < 1.29 is 18.3 Å². The second-order valence-electron chi connectivity index (χ2n) is 5.76. The van der Waals surface area contributed by atoms with E-state index in [1.807, 2.05) is 0 Å². The first kappa shape index (κ1) is 17.1. The SMILES string of the molecule is Cc1cc(C(F)(F)F)cc(O)c1-c1ccc(NCC(C)C)nn1. The van der Waals surface area contributed by atoms with Gasteiger partial charge in [0, 0.05) is 12.1 Å². The minimum Gasteiger partial charge on any atom is -0.507 e. The normalized spacial score (nSPS) is 11.8. The Kier molecular flexibility index (Phi) is 4.77. The lowest BCUT2D eigenvalue weighted by Crippen LogP contribution is -2.09. The standard InChI is InChI=1S/C16H18F3N3O/c1-9(2)8-20-14-5-4-12(21-22-14)15-10(3)6-11(7-13(15)23)16(17,18)19/h4-7,9,23H,8H2,1-3H3,(H,20,22).